The van der Waals surface area contributed by atoms with Crippen LogP contribution in [0.5, 0.6) is 0 Å². The summed E-state index contributed by atoms with van der Waals surface area (Å²) in [7, 11) is 0. The first-order valence-corrected chi connectivity index (χ1v) is 13.4. The average molecular weight is 567 g/mol. The third kappa shape index (κ3) is 5.02. The van der Waals surface area contributed by atoms with E-state index in [0.717, 1.165) is 50.1 Å². The molecule has 8 nitrogen and oxygen atoms in total. The summed E-state index contributed by atoms with van der Waals surface area (Å²) in [5.74, 6) is -0.463. The van der Waals surface area contributed by atoms with E-state index in [4.69, 9.17) is 10.7 Å². The number of fused-ring (bicyclic) bond motifs is 2. The number of rotatable bonds is 5. The number of carbonyl (C=O) groups excluding carboxylic acids is 2. The van der Waals surface area contributed by atoms with Crippen LogP contribution in [0.1, 0.15) is 65.5 Å². The summed E-state index contributed by atoms with van der Waals surface area (Å²) in [6.07, 6.45) is 3.34. The van der Waals surface area contributed by atoms with Crippen LogP contribution < -0.4 is 5.73 Å². The Morgan fingerprint density at radius 2 is 1.90 bits per heavy atom. The minimum atomic E-state index is -4.57. The van der Waals surface area contributed by atoms with E-state index < -0.39 is 29.8 Å². The van der Waals surface area contributed by atoms with Gasteiger partial charge in [-0.25, -0.2) is 14.4 Å². The number of amides is 1. The normalized spacial score (nSPS) is 19.4. The number of alkyl halides is 3. The van der Waals surface area contributed by atoms with Crippen LogP contribution in [0, 0.1) is 5.82 Å². The Bertz CT molecular complexity index is 1670. The standard InChI is InChI=1S/C29H26F4N6O2/c30-22-12-16(23(40)14-19-13-18(8-9-35-19)29(31,32)33)5-7-21(22)25-26-27(34)36-10-11-38(26)28(37-25)17-4-6-20-2-1-3-24(41)39(20)15-17/h5,7-13,17,20H,1-4,6,14-15H2,(H2,34,36)/t17-,20-/m1/s1. The van der Waals surface area contributed by atoms with Crippen molar-refractivity contribution >= 4 is 23.0 Å². The number of nitrogen functional groups attached to an aromatic ring is 1. The number of pyridine rings is 1. The van der Waals surface area contributed by atoms with Gasteiger partial charge in [-0.15, -0.1) is 0 Å². The molecule has 0 saturated carbocycles. The molecular formula is C29H26F4N6O2. The number of piperidine rings is 2. The molecular weight excluding hydrogens is 540 g/mol. The second kappa shape index (κ2) is 10.2. The molecule has 5 heterocycles. The fourth-order valence-electron chi connectivity index (χ4n) is 5.94. The quantitative estimate of drug-likeness (QED) is 0.263. The number of nitrogens with zero attached hydrogens (tertiary/aromatic N) is 5. The molecule has 2 saturated heterocycles. The van der Waals surface area contributed by atoms with Crippen molar-refractivity contribution in [2.45, 2.75) is 56.7 Å². The molecule has 212 valence electrons. The Balaban J connectivity index is 1.31. The summed E-state index contributed by atoms with van der Waals surface area (Å²) in [4.78, 5) is 40.2. The zero-order valence-electron chi connectivity index (χ0n) is 21.9. The number of imidazole rings is 1. The van der Waals surface area contributed by atoms with Gasteiger partial charge in [-0.1, -0.05) is 6.07 Å². The van der Waals surface area contributed by atoms with Crippen molar-refractivity contribution in [3.05, 3.63) is 77.4 Å². The van der Waals surface area contributed by atoms with E-state index in [2.05, 4.69) is 9.97 Å². The summed E-state index contributed by atoms with van der Waals surface area (Å²) in [6.45, 7) is 0.518. The molecule has 3 aromatic heterocycles. The lowest BCUT2D eigenvalue weighted by atomic mass is 9.87. The van der Waals surface area contributed by atoms with Crippen LogP contribution in [-0.4, -0.2) is 48.5 Å². The number of hydrogen-bond acceptors (Lipinski definition) is 6. The first-order chi connectivity index (χ1) is 19.6. The summed E-state index contributed by atoms with van der Waals surface area (Å²) in [5.41, 5.74) is 6.00. The number of nitrogens with two attached hydrogens (primary N) is 1. The zero-order chi connectivity index (χ0) is 28.9. The molecule has 0 radical (unpaired) electrons. The SMILES string of the molecule is Nc1nccn2c([C@@H]3CC[C@H]4CCCC(=O)N4C3)nc(-c3ccc(C(=O)Cc4cc(C(F)(F)F)ccn4)cc3F)c12. The number of Topliss-reactive ketones (excluding diaryl/α,β-unsaturated/α-hetero) is 1. The third-order valence-electron chi connectivity index (χ3n) is 7.96. The van der Waals surface area contributed by atoms with Crippen LogP contribution in [0.15, 0.2) is 48.9 Å². The predicted octanol–water partition coefficient (Wildman–Crippen LogP) is 5.22. The summed E-state index contributed by atoms with van der Waals surface area (Å²) in [6, 6.07) is 5.72. The number of halogens is 4. The molecule has 2 aliphatic heterocycles. The lowest BCUT2D eigenvalue weighted by molar-refractivity contribution is -0.138. The van der Waals surface area contributed by atoms with E-state index in [0.29, 0.717) is 24.3 Å². The highest BCUT2D eigenvalue weighted by atomic mass is 19.4. The fraction of sp³-hybridized carbons (Fsp3) is 0.345. The number of benzene rings is 1. The van der Waals surface area contributed by atoms with Gasteiger partial charge in [-0.2, -0.15) is 13.2 Å². The molecule has 0 spiro atoms. The molecule has 2 N–H and O–H groups in total. The van der Waals surface area contributed by atoms with Crippen LogP contribution >= 0.6 is 0 Å². The van der Waals surface area contributed by atoms with Gasteiger partial charge in [-0.05, 0) is 49.9 Å². The number of anilines is 1. The minimum absolute atomic E-state index is 0.0118. The van der Waals surface area contributed by atoms with Gasteiger partial charge in [0.15, 0.2) is 5.78 Å². The first kappa shape index (κ1) is 26.9. The average Bonchev–Trinajstić information content (AvgIpc) is 3.33. The molecule has 1 aromatic carbocycles. The molecule has 0 aliphatic carbocycles. The molecule has 4 aromatic rings. The van der Waals surface area contributed by atoms with E-state index in [1.54, 1.807) is 10.6 Å². The minimum Gasteiger partial charge on any atom is -0.382 e. The molecule has 12 heteroatoms. The molecule has 2 aliphatic rings. The highest BCUT2D eigenvalue weighted by molar-refractivity contribution is 5.98. The maximum Gasteiger partial charge on any atom is 0.416 e. The van der Waals surface area contributed by atoms with Crippen LogP contribution in [0.2, 0.25) is 0 Å². The number of carbonyl (C=O) groups is 2. The summed E-state index contributed by atoms with van der Waals surface area (Å²) < 4.78 is 56.5. The molecule has 2 fully saturated rings. The molecule has 41 heavy (non-hydrogen) atoms. The molecule has 0 unspecified atom stereocenters. The Morgan fingerprint density at radius 3 is 2.68 bits per heavy atom. The lowest BCUT2D eigenvalue weighted by Crippen LogP contribution is -2.48. The van der Waals surface area contributed by atoms with Crippen LogP contribution in [0.4, 0.5) is 23.4 Å². The molecule has 6 rings (SSSR count). The van der Waals surface area contributed by atoms with Gasteiger partial charge in [0.2, 0.25) is 5.91 Å². The topological polar surface area (TPSA) is 106 Å². The van der Waals surface area contributed by atoms with Crippen molar-refractivity contribution < 1.29 is 27.2 Å². The molecule has 1 amide bonds. The van der Waals surface area contributed by atoms with Crippen molar-refractivity contribution in [3.8, 4) is 11.3 Å². The van der Waals surface area contributed by atoms with Crippen molar-refractivity contribution in [2.24, 2.45) is 0 Å². The van der Waals surface area contributed by atoms with Crippen molar-refractivity contribution in [1.82, 2.24) is 24.3 Å². The van der Waals surface area contributed by atoms with Gasteiger partial charge in [0.25, 0.3) is 0 Å². The van der Waals surface area contributed by atoms with Gasteiger partial charge in [0, 0.05) is 60.3 Å². The number of ketones is 1. The Hall–Kier alpha value is -4.35. The first-order valence-electron chi connectivity index (χ1n) is 13.4. The van der Waals surface area contributed by atoms with Crippen LogP contribution in [0.3, 0.4) is 0 Å². The molecule has 0 bridgehead atoms. The highest BCUT2D eigenvalue weighted by Crippen LogP contribution is 2.38. The summed E-state index contributed by atoms with van der Waals surface area (Å²) in [5, 5.41) is 0. The van der Waals surface area contributed by atoms with Gasteiger partial charge >= 0.3 is 6.18 Å². The van der Waals surface area contributed by atoms with E-state index in [1.807, 2.05) is 4.90 Å². The Labute approximate surface area is 232 Å². The monoisotopic (exact) mass is 566 g/mol. The zero-order valence-corrected chi connectivity index (χ0v) is 21.9. The maximum absolute atomic E-state index is 15.6. The highest BCUT2D eigenvalue weighted by Gasteiger charge is 2.37. The van der Waals surface area contributed by atoms with Crippen molar-refractivity contribution in [3.63, 3.8) is 0 Å². The van der Waals surface area contributed by atoms with Gasteiger partial charge in [0.1, 0.15) is 28.7 Å². The Kier molecular flexibility index (Phi) is 6.71. The maximum atomic E-state index is 15.6. The fourth-order valence-corrected chi connectivity index (χ4v) is 5.94. The van der Waals surface area contributed by atoms with Crippen molar-refractivity contribution in [1.29, 1.82) is 0 Å². The second-order valence-electron chi connectivity index (χ2n) is 10.5. The number of aromatic nitrogens is 4. The third-order valence-corrected chi connectivity index (χ3v) is 7.96. The lowest BCUT2D eigenvalue weighted by Gasteiger charge is -2.42. The van der Waals surface area contributed by atoms with E-state index in [1.165, 1.54) is 18.3 Å². The number of hydrogen-bond donors (Lipinski definition) is 1. The van der Waals surface area contributed by atoms with Crippen LogP contribution in [-0.2, 0) is 17.4 Å². The van der Waals surface area contributed by atoms with E-state index >= 15 is 4.39 Å². The van der Waals surface area contributed by atoms with Gasteiger partial charge in [-0.3, -0.25) is 19.0 Å². The Morgan fingerprint density at radius 1 is 1.07 bits per heavy atom. The second-order valence-corrected chi connectivity index (χ2v) is 10.5. The van der Waals surface area contributed by atoms with E-state index in [-0.39, 0.29) is 46.2 Å². The van der Waals surface area contributed by atoms with E-state index in [9.17, 15) is 22.8 Å². The summed E-state index contributed by atoms with van der Waals surface area (Å²) >= 11 is 0. The molecule has 2 atom stereocenters. The largest absolute Gasteiger partial charge is 0.416 e. The predicted molar refractivity (Wildman–Crippen MR) is 141 cm³/mol. The van der Waals surface area contributed by atoms with Crippen molar-refractivity contribution in [2.75, 3.05) is 12.3 Å². The van der Waals surface area contributed by atoms with Crippen LogP contribution in [0.25, 0.3) is 16.8 Å². The van der Waals surface area contributed by atoms with Gasteiger partial charge in [0.05, 0.1) is 12.0 Å². The van der Waals surface area contributed by atoms with Gasteiger partial charge < -0.3 is 10.6 Å². The smallest absolute Gasteiger partial charge is 0.382 e.